The van der Waals surface area contributed by atoms with Gasteiger partial charge in [-0.15, -0.1) is 11.3 Å². The molecule has 0 spiro atoms. The molecule has 0 fully saturated rings. The van der Waals surface area contributed by atoms with E-state index in [1.54, 1.807) is 0 Å². The first-order valence-corrected chi connectivity index (χ1v) is 9.15. The summed E-state index contributed by atoms with van der Waals surface area (Å²) in [6.07, 6.45) is 1.61. The number of carbonyl (C=O) groups is 1. The molecule has 0 radical (unpaired) electrons. The van der Waals surface area contributed by atoms with Crippen LogP contribution < -0.4 is 4.31 Å². The Morgan fingerprint density at radius 1 is 1.32 bits per heavy atom. The second-order valence-electron chi connectivity index (χ2n) is 5.27. The van der Waals surface area contributed by atoms with Crippen molar-refractivity contribution in [3.63, 3.8) is 0 Å². The standard InChI is InChI=1S/C15H15NO4S2/c1-10-4-5-13-11(7-10)3-2-6-16(13)22(19,20)14-8-12(9-21-14)15(17)18/h4-5,7-9H,2-3,6H2,1H3,(H,17,18). The van der Waals surface area contributed by atoms with Gasteiger partial charge in [-0.1, -0.05) is 17.7 Å². The molecule has 3 rings (SSSR count). The first-order chi connectivity index (χ1) is 10.4. The van der Waals surface area contributed by atoms with Gasteiger partial charge in [0.2, 0.25) is 0 Å². The first-order valence-electron chi connectivity index (χ1n) is 6.84. The van der Waals surface area contributed by atoms with E-state index in [1.165, 1.54) is 15.8 Å². The van der Waals surface area contributed by atoms with Crippen LogP contribution in [0.5, 0.6) is 0 Å². The molecule has 7 heteroatoms. The molecule has 0 atom stereocenters. The van der Waals surface area contributed by atoms with E-state index >= 15 is 0 Å². The lowest BCUT2D eigenvalue weighted by molar-refractivity contribution is 0.0697. The number of fused-ring (bicyclic) bond motifs is 1. The van der Waals surface area contributed by atoms with Crippen molar-refractivity contribution in [3.05, 3.63) is 46.3 Å². The molecule has 5 nitrogen and oxygen atoms in total. The molecule has 1 aromatic heterocycles. The van der Waals surface area contributed by atoms with Crippen LogP contribution in [0.2, 0.25) is 0 Å². The summed E-state index contributed by atoms with van der Waals surface area (Å²) in [6.45, 7) is 2.39. The zero-order chi connectivity index (χ0) is 15.9. The number of aromatic carboxylic acids is 1. The maximum Gasteiger partial charge on any atom is 0.336 e. The van der Waals surface area contributed by atoms with Gasteiger partial charge in [-0.3, -0.25) is 4.31 Å². The minimum Gasteiger partial charge on any atom is -0.478 e. The molecule has 0 saturated heterocycles. The van der Waals surface area contributed by atoms with Gasteiger partial charge in [-0.2, -0.15) is 0 Å². The lowest BCUT2D eigenvalue weighted by atomic mass is 10.0. The Morgan fingerprint density at radius 2 is 2.09 bits per heavy atom. The summed E-state index contributed by atoms with van der Waals surface area (Å²) < 4.78 is 27.1. The van der Waals surface area contributed by atoms with E-state index in [0.29, 0.717) is 12.2 Å². The number of anilines is 1. The van der Waals surface area contributed by atoms with Crippen LogP contribution in [0, 0.1) is 6.92 Å². The predicted molar refractivity (Wildman–Crippen MR) is 85.3 cm³/mol. The Hall–Kier alpha value is -1.86. The van der Waals surface area contributed by atoms with Crippen molar-refractivity contribution in [2.75, 3.05) is 10.8 Å². The Kier molecular flexibility index (Phi) is 3.70. The second-order valence-corrected chi connectivity index (χ2v) is 8.27. The summed E-state index contributed by atoms with van der Waals surface area (Å²) in [7, 11) is -3.71. The molecule has 1 N–H and O–H groups in total. The van der Waals surface area contributed by atoms with E-state index in [0.717, 1.165) is 35.3 Å². The van der Waals surface area contributed by atoms with Gasteiger partial charge >= 0.3 is 5.97 Å². The minimum atomic E-state index is -3.71. The zero-order valence-corrected chi connectivity index (χ0v) is 13.6. The molecular weight excluding hydrogens is 322 g/mol. The Balaban J connectivity index is 2.05. The number of carboxylic acid groups (broad SMARTS) is 1. The van der Waals surface area contributed by atoms with Gasteiger partial charge in [0.05, 0.1) is 11.3 Å². The van der Waals surface area contributed by atoms with Crippen molar-refractivity contribution in [2.24, 2.45) is 0 Å². The average molecular weight is 337 g/mol. The molecule has 1 aromatic carbocycles. The van der Waals surface area contributed by atoms with Crippen LogP contribution in [-0.4, -0.2) is 26.0 Å². The van der Waals surface area contributed by atoms with E-state index in [-0.39, 0.29) is 9.77 Å². The van der Waals surface area contributed by atoms with Gasteiger partial charge in [0.25, 0.3) is 10.0 Å². The second kappa shape index (κ2) is 5.40. The molecule has 22 heavy (non-hydrogen) atoms. The summed E-state index contributed by atoms with van der Waals surface area (Å²) in [5, 5.41) is 10.3. The maximum absolute atomic E-state index is 12.8. The van der Waals surface area contributed by atoms with Crippen molar-refractivity contribution in [1.29, 1.82) is 0 Å². The number of aryl methyl sites for hydroxylation is 2. The minimum absolute atomic E-state index is 0.00436. The normalized spacial score (nSPS) is 14.7. The topological polar surface area (TPSA) is 74.7 Å². The third-order valence-electron chi connectivity index (χ3n) is 3.68. The van der Waals surface area contributed by atoms with Crippen LogP contribution in [0.1, 0.15) is 27.9 Å². The molecule has 2 aromatic rings. The van der Waals surface area contributed by atoms with Gasteiger partial charge in [0.15, 0.2) is 0 Å². The number of thiophene rings is 1. The zero-order valence-electron chi connectivity index (χ0n) is 11.9. The van der Waals surface area contributed by atoms with Crippen molar-refractivity contribution in [2.45, 2.75) is 24.0 Å². The quantitative estimate of drug-likeness (QED) is 0.934. The SMILES string of the molecule is Cc1ccc2c(c1)CCCN2S(=O)(=O)c1cc(C(=O)O)cs1. The first kappa shape index (κ1) is 15.1. The van der Waals surface area contributed by atoms with Gasteiger partial charge in [-0.25, -0.2) is 13.2 Å². The maximum atomic E-state index is 12.8. The fourth-order valence-corrected chi connectivity index (χ4v) is 5.42. The lowest BCUT2D eigenvalue weighted by Gasteiger charge is -2.30. The molecule has 0 unspecified atom stereocenters. The molecule has 0 saturated carbocycles. The van der Waals surface area contributed by atoms with Crippen molar-refractivity contribution in [1.82, 2.24) is 0 Å². The van der Waals surface area contributed by atoms with E-state index in [1.807, 2.05) is 25.1 Å². The Morgan fingerprint density at radius 3 is 2.77 bits per heavy atom. The monoisotopic (exact) mass is 337 g/mol. The van der Waals surface area contributed by atoms with E-state index in [2.05, 4.69) is 0 Å². The highest BCUT2D eigenvalue weighted by Gasteiger charge is 2.30. The molecule has 0 aliphatic carbocycles. The van der Waals surface area contributed by atoms with E-state index in [4.69, 9.17) is 5.11 Å². The van der Waals surface area contributed by atoms with Crippen molar-refractivity contribution in [3.8, 4) is 0 Å². The van der Waals surface area contributed by atoms with Gasteiger partial charge in [0.1, 0.15) is 4.21 Å². The van der Waals surface area contributed by atoms with Gasteiger partial charge < -0.3 is 5.11 Å². The molecular formula is C15H15NO4S2. The number of benzene rings is 1. The molecule has 116 valence electrons. The van der Waals surface area contributed by atoms with E-state index in [9.17, 15) is 13.2 Å². The largest absolute Gasteiger partial charge is 0.478 e. The molecule has 1 aliphatic heterocycles. The highest BCUT2D eigenvalue weighted by atomic mass is 32.2. The Labute approximate surface area is 132 Å². The number of hydrogen-bond donors (Lipinski definition) is 1. The summed E-state index contributed by atoms with van der Waals surface area (Å²) >= 11 is 0.946. The molecule has 2 heterocycles. The summed E-state index contributed by atoms with van der Waals surface area (Å²) in [6, 6.07) is 6.95. The third kappa shape index (κ3) is 2.50. The molecule has 0 bridgehead atoms. The number of rotatable bonds is 3. The fraction of sp³-hybridized carbons (Fsp3) is 0.267. The van der Waals surface area contributed by atoms with Crippen LogP contribution in [-0.2, 0) is 16.4 Å². The molecule has 1 aliphatic rings. The summed E-state index contributed by atoms with van der Waals surface area (Å²) in [4.78, 5) is 11.0. The highest BCUT2D eigenvalue weighted by molar-refractivity contribution is 7.94. The summed E-state index contributed by atoms with van der Waals surface area (Å²) in [5.41, 5.74) is 2.82. The predicted octanol–water partition coefficient (Wildman–Crippen LogP) is 2.90. The number of carboxylic acids is 1. The highest BCUT2D eigenvalue weighted by Crippen LogP contribution is 2.34. The third-order valence-corrected chi connectivity index (χ3v) is 6.91. The molecule has 0 amide bonds. The fourth-order valence-electron chi connectivity index (χ4n) is 2.61. The van der Waals surface area contributed by atoms with Gasteiger partial charge in [0, 0.05) is 11.9 Å². The number of hydrogen-bond acceptors (Lipinski definition) is 4. The Bertz CT molecular complexity index is 839. The van der Waals surface area contributed by atoms with Crippen molar-refractivity contribution >= 4 is 33.0 Å². The smallest absolute Gasteiger partial charge is 0.336 e. The average Bonchev–Trinajstić information content (AvgIpc) is 2.97. The lowest BCUT2D eigenvalue weighted by Crippen LogP contribution is -2.35. The summed E-state index contributed by atoms with van der Waals surface area (Å²) in [5.74, 6) is -1.12. The number of nitrogens with zero attached hydrogens (tertiary/aromatic N) is 1. The number of sulfonamides is 1. The van der Waals surface area contributed by atoms with Crippen LogP contribution in [0.3, 0.4) is 0 Å². The van der Waals surface area contributed by atoms with Gasteiger partial charge in [-0.05, 0) is 37.5 Å². The van der Waals surface area contributed by atoms with Crippen LogP contribution >= 0.6 is 11.3 Å². The van der Waals surface area contributed by atoms with E-state index < -0.39 is 16.0 Å². The van der Waals surface area contributed by atoms with Crippen LogP contribution in [0.25, 0.3) is 0 Å². The van der Waals surface area contributed by atoms with Crippen molar-refractivity contribution < 1.29 is 18.3 Å². The van der Waals surface area contributed by atoms with Crippen LogP contribution in [0.15, 0.2) is 33.9 Å². The van der Waals surface area contributed by atoms with Crippen LogP contribution in [0.4, 0.5) is 5.69 Å².